The lowest BCUT2D eigenvalue weighted by molar-refractivity contribution is 0.353. The van der Waals surface area contributed by atoms with E-state index in [0.29, 0.717) is 6.61 Å². The number of ether oxygens (including phenoxy) is 1. The number of rotatable bonds is 4. The SMILES string of the molecule is CC(C)(C)NS(=O)(=O)NCc1cc(Br)cc2c1OCC2. The van der Waals surface area contributed by atoms with Crippen LogP contribution in [-0.4, -0.2) is 20.6 Å². The van der Waals surface area contributed by atoms with E-state index >= 15 is 0 Å². The lowest BCUT2D eigenvalue weighted by Crippen LogP contribution is -2.46. The Labute approximate surface area is 128 Å². The Balaban J connectivity index is 2.12. The third-order valence-corrected chi connectivity index (χ3v) is 4.58. The molecule has 1 aromatic rings. The second-order valence-electron chi connectivity index (χ2n) is 5.83. The molecule has 5 nitrogen and oxygen atoms in total. The maximum atomic E-state index is 11.9. The molecule has 0 radical (unpaired) electrons. The van der Waals surface area contributed by atoms with E-state index < -0.39 is 15.7 Å². The van der Waals surface area contributed by atoms with Gasteiger partial charge in [-0.15, -0.1) is 0 Å². The van der Waals surface area contributed by atoms with Gasteiger partial charge in [0.2, 0.25) is 0 Å². The summed E-state index contributed by atoms with van der Waals surface area (Å²) in [5.41, 5.74) is 1.44. The minimum absolute atomic E-state index is 0.202. The molecule has 0 aromatic heterocycles. The fourth-order valence-electron chi connectivity index (χ4n) is 2.09. The summed E-state index contributed by atoms with van der Waals surface area (Å²) in [4.78, 5) is 0. The Morgan fingerprint density at radius 1 is 1.35 bits per heavy atom. The highest BCUT2D eigenvalue weighted by Gasteiger charge is 2.22. The molecule has 2 N–H and O–H groups in total. The summed E-state index contributed by atoms with van der Waals surface area (Å²) >= 11 is 3.44. The Morgan fingerprint density at radius 3 is 2.70 bits per heavy atom. The summed E-state index contributed by atoms with van der Waals surface area (Å²) in [5.74, 6) is 0.798. The predicted octanol–water partition coefficient (Wildman–Crippen LogP) is 2.11. The fraction of sp³-hybridized carbons (Fsp3) is 0.538. The molecule has 0 amide bonds. The Kier molecular flexibility index (Phi) is 4.44. The van der Waals surface area contributed by atoms with Crippen LogP contribution in [0.25, 0.3) is 0 Å². The Bertz CT molecular complexity index is 609. The highest BCUT2D eigenvalue weighted by Crippen LogP contribution is 2.32. The van der Waals surface area contributed by atoms with Crippen molar-refractivity contribution in [3.05, 3.63) is 27.7 Å². The minimum Gasteiger partial charge on any atom is -0.493 e. The lowest BCUT2D eigenvalue weighted by atomic mass is 10.1. The highest BCUT2D eigenvalue weighted by molar-refractivity contribution is 9.10. The first-order valence-electron chi connectivity index (χ1n) is 6.39. The van der Waals surface area contributed by atoms with Gasteiger partial charge >= 0.3 is 0 Å². The van der Waals surface area contributed by atoms with E-state index in [0.717, 1.165) is 27.8 Å². The topological polar surface area (TPSA) is 67.4 Å². The van der Waals surface area contributed by atoms with Gasteiger partial charge in [-0.3, -0.25) is 0 Å². The quantitative estimate of drug-likeness (QED) is 0.861. The van der Waals surface area contributed by atoms with Crippen LogP contribution in [0.2, 0.25) is 0 Å². The van der Waals surface area contributed by atoms with E-state index in [2.05, 4.69) is 25.4 Å². The molecule has 0 bridgehead atoms. The van der Waals surface area contributed by atoms with Gasteiger partial charge in [-0.25, -0.2) is 0 Å². The molecule has 0 fully saturated rings. The van der Waals surface area contributed by atoms with E-state index in [1.54, 1.807) is 20.8 Å². The standard InChI is InChI=1S/C13H19BrN2O3S/c1-13(2,3)16-20(17,18)15-8-10-7-11(14)6-9-4-5-19-12(9)10/h6-7,15-16H,4-5,8H2,1-3H3. The average Bonchev–Trinajstić information content (AvgIpc) is 2.70. The van der Waals surface area contributed by atoms with Crippen LogP contribution in [0.1, 0.15) is 31.9 Å². The predicted molar refractivity (Wildman–Crippen MR) is 82.0 cm³/mol. The molecule has 0 unspecified atom stereocenters. The molecule has 0 aliphatic carbocycles. The van der Waals surface area contributed by atoms with Crippen molar-refractivity contribution in [2.45, 2.75) is 39.3 Å². The van der Waals surface area contributed by atoms with E-state index in [9.17, 15) is 8.42 Å². The third-order valence-electron chi connectivity index (χ3n) is 2.72. The fourth-order valence-corrected chi connectivity index (χ4v) is 3.87. The molecular weight excluding hydrogens is 344 g/mol. The number of fused-ring (bicyclic) bond motifs is 1. The summed E-state index contributed by atoms with van der Waals surface area (Å²) in [6.07, 6.45) is 0.856. The molecule has 0 atom stereocenters. The van der Waals surface area contributed by atoms with Crippen molar-refractivity contribution in [3.8, 4) is 5.75 Å². The normalized spacial score (nSPS) is 15.0. The van der Waals surface area contributed by atoms with Crippen molar-refractivity contribution in [1.29, 1.82) is 0 Å². The van der Waals surface area contributed by atoms with Crippen LogP contribution < -0.4 is 14.2 Å². The molecule has 2 rings (SSSR count). The Morgan fingerprint density at radius 2 is 2.05 bits per heavy atom. The molecule has 1 aromatic carbocycles. The highest BCUT2D eigenvalue weighted by atomic mass is 79.9. The minimum atomic E-state index is -3.54. The Hall–Kier alpha value is -0.630. The zero-order valence-electron chi connectivity index (χ0n) is 11.8. The molecule has 112 valence electrons. The first-order chi connectivity index (χ1) is 9.16. The van der Waals surface area contributed by atoms with Crippen LogP contribution in [0.5, 0.6) is 5.75 Å². The van der Waals surface area contributed by atoms with Gasteiger partial charge in [0.1, 0.15) is 5.75 Å². The van der Waals surface area contributed by atoms with Crippen molar-refractivity contribution < 1.29 is 13.2 Å². The van der Waals surface area contributed by atoms with Crippen LogP contribution in [0, 0.1) is 0 Å². The van der Waals surface area contributed by atoms with Gasteiger partial charge in [0.05, 0.1) is 6.61 Å². The molecule has 1 aliphatic rings. The number of halogens is 1. The second kappa shape index (κ2) is 5.63. The zero-order chi connectivity index (χ0) is 15.0. The van der Waals surface area contributed by atoms with Gasteiger partial charge in [-0.2, -0.15) is 17.9 Å². The third kappa shape index (κ3) is 4.18. The molecule has 0 spiro atoms. The number of hydrogen-bond donors (Lipinski definition) is 2. The van der Waals surface area contributed by atoms with Crippen LogP contribution in [0.4, 0.5) is 0 Å². The van der Waals surface area contributed by atoms with Crippen molar-refractivity contribution in [2.75, 3.05) is 6.61 Å². The van der Waals surface area contributed by atoms with Crippen LogP contribution in [0.15, 0.2) is 16.6 Å². The molecule has 1 heterocycles. The summed E-state index contributed by atoms with van der Waals surface area (Å²) in [6, 6.07) is 3.89. The summed E-state index contributed by atoms with van der Waals surface area (Å²) in [5, 5.41) is 0. The van der Waals surface area contributed by atoms with Gasteiger partial charge in [-0.05, 0) is 38.5 Å². The van der Waals surface area contributed by atoms with E-state index in [-0.39, 0.29) is 6.54 Å². The molecule has 20 heavy (non-hydrogen) atoms. The number of hydrogen-bond acceptors (Lipinski definition) is 3. The van der Waals surface area contributed by atoms with Crippen molar-refractivity contribution >= 4 is 26.1 Å². The first-order valence-corrected chi connectivity index (χ1v) is 8.66. The van der Waals surface area contributed by atoms with Gasteiger partial charge in [0.15, 0.2) is 0 Å². The van der Waals surface area contributed by atoms with E-state index in [1.165, 1.54) is 0 Å². The molecule has 1 aliphatic heterocycles. The van der Waals surface area contributed by atoms with Gasteiger partial charge in [-0.1, -0.05) is 15.9 Å². The average molecular weight is 363 g/mol. The van der Waals surface area contributed by atoms with E-state index in [4.69, 9.17) is 4.74 Å². The van der Waals surface area contributed by atoms with Crippen LogP contribution in [-0.2, 0) is 23.2 Å². The number of benzene rings is 1. The molecule has 7 heteroatoms. The van der Waals surface area contributed by atoms with Gasteiger partial charge in [0.25, 0.3) is 10.2 Å². The maximum Gasteiger partial charge on any atom is 0.277 e. The lowest BCUT2D eigenvalue weighted by Gasteiger charge is -2.20. The zero-order valence-corrected chi connectivity index (χ0v) is 14.2. The molecule has 0 saturated carbocycles. The largest absolute Gasteiger partial charge is 0.493 e. The summed E-state index contributed by atoms with van der Waals surface area (Å²) in [6.45, 7) is 6.24. The summed E-state index contributed by atoms with van der Waals surface area (Å²) in [7, 11) is -3.54. The van der Waals surface area contributed by atoms with Crippen LogP contribution >= 0.6 is 15.9 Å². The second-order valence-corrected chi connectivity index (χ2v) is 8.24. The number of nitrogens with one attached hydrogen (secondary N) is 2. The van der Waals surface area contributed by atoms with Gasteiger partial charge in [0, 0.05) is 28.5 Å². The van der Waals surface area contributed by atoms with E-state index in [1.807, 2.05) is 12.1 Å². The van der Waals surface area contributed by atoms with Crippen molar-refractivity contribution in [2.24, 2.45) is 0 Å². The first kappa shape index (κ1) is 15.8. The molecular formula is C13H19BrN2O3S. The van der Waals surface area contributed by atoms with Gasteiger partial charge < -0.3 is 4.74 Å². The monoisotopic (exact) mass is 362 g/mol. The van der Waals surface area contributed by atoms with Crippen LogP contribution in [0.3, 0.4) is 0 Å². The molecule has 0 saturated heterocycles. The van der Waals surface area contributed by atoms with Crippen molar-refractivity contribution in [1.82, 2.24) is 9.44 Å². The maximum absolute atomic E-state index is 11.9. The summed E-state index contributed by atoms with van der Waals surface area (Å²) < 4.78 is 35.5. The van der Waals surface area contributed by atoms with Crippen molar-refractivity contribution in [3.63, 3.8) is 0 Å². The smallest absolute Gasteiger partial charge is 0.277 e.